The lowest BCUT2D eigenvalue weighted by atomic mass is 9.98. The Morgan fingerprint density at radius 2 is 1.61 bits per heavy atom. The van der Waals surface area contributed by atoms with Gasteiger partial charge < -0.3 is 15.4 Å². The summed E-state index contributed by atoms with van der Waals surface area (Å²) in [6.45, 7) is 2.74. The summed E-state index contributed by atoms with van der Waals surface area (Å²) in [6.07, 6.45) is -2.01. The van der Waals surface area contributed by atoms with E-state index in [-0.39, 0.29) is 0 Å². The Hall–Kier alpha value is -3.48. The number of anilines is 1. The van der Waals surface area contributed by atoms with Gasteiger partial charge in [-0.3, -0.25) is 0 Å². The number of benzene rings is 3. The number of urea groups is 1. The normalized spacial score (nSPS) is 12.1. The van der Waals surface area contributed by atoms with Crippen LogP contribution in [0.25, 0.3) is 0 Å². The van der Waals surface area contributed by atoms with Gasteiger partial charge in [0.25, 0.3) is 0 Å². The third-order valence-corrected chi connectivity index (χ3v) is 5.11. The molecule has 0 spiro atoms. The van der Waals surface area contributed by atoms with Crippen molar-refractivity contribution in [2.75, 3.05) is 11.9 Å². The molecule has 0 saturated heterocycles. The Bertz CT molecular complexity index is 1000. The molecule has 3 aromatic carbocycles. The van der Waals surface area contributed by atoms with Crippen LogP contribution in [0, 0.1) is 0 Å². The second-order valence-electron chi connectivity index (χ2n) is 7.69. The number of hydrogen-bond acceptors (Lipinski definition) is 2. The molecule has 4 nitrogen and oxygen atoms in total. The fourth-order valence-corrected chi connectivity index (χ4v) is 3.30. The first-order valence-corrected chi connectivity index (χ1v) is 10.9. The van der Waals surface area contributed by atoms with Crippen molar-refractivity contribution in [2.24, 2.45) is 0 Å². The minimum atomic E-state index is -4.38. The SMILES string of the molecule is CCCCOc1ccc(NC(=O)NC(Cc2ccc(C(F)(F)F)cc2)c2ccccc2)cc1. The van der Waals surface area contributed by atoms with Gasteiger partial charge >= 0.3 is 12.2 Å². The molecule has 0 fully saturated rings. The molecule has 3 rings (SSSR count). The van der Waals surface area contributed by atoms with Gasteiger partial charge in [-0.15, -0.1) is 0 Å². The molecule has 2 amide bonds. The van der Waals surface area contributed by atoms with E-state index in [1.807, 2.05) is 30.3 Å². The highest BCUT2D eigenvalue weighted by Crippen LogP contribution is 2.30. The summed E-state index contributed by atoms with van der Waals surface area (Å²) >= 11 is 0. The van der Waals surface area contributed by atoms with Gasteiger partial charge in [0.05, 0.1) is 18.2 Å². The van der Waals surface area contributed by atoms with Crippen LogP contribution in [0.3, 0.4) is 0 Å². The molecule has 0 aliphatic rings. The number of nitrogens with one attached hydrogen (secondary N) is 2. The summed E-state index contributed by atoms with van der Waals surface area (Å²) < 4.78 is 44.2. The monoisotopic (exact) mass is 456 g/mol. The Balaban J connectivity index is 1.66. The van der Waals surface area contributed by atoms with Crippen LogP contribution < -0.4 is 15.4 Å². The number of carbonyl (C=O) groups excluding carboxylic acids is 1. The van der Waals surface area contributed by atoms with Crippen LogP contribution >= 0.6 is 0 Å². The van der Waals surface area contributed by atoms with Crippen LogP contribution in [0.15, 0.2) is 78.9 Å². The van der Waals surface area contributed by atoms with Crippen LogP contribution in [-0.2, 0) is 12.6 Å². The van der Waals surface area contributed by atoms with Gasteiger partial charge in [-0.2, -0.15) is 13.2 Å². The van der Waals surface area contributed by atoms with E-state index in [4.69, 9.17) is 4.74 Å². The van der Waals surface area contributed by atoms with Crippen LogP contribution in [0.2, 0.25) is 0 Å². The van der Waals surface area contributed by atoms with Crippen molar-refractivity contribution in [2.45, 2.75) is 38.4 Å². The maximum Gasteiger partial charge on any atom is 0.416 e. The average molecular weight is 457 g/mol. The number of halogens is 3. The van der Waals surface area contributed by atoms with Crippen molar-refractivity contribution in [1.82, 2.24) is 5.32 Å². The van der Waals surface area contributed by atoms with Crippen molar-refractivity contribution in [3.05, 3.63) is 95.6 Å². The van der Waals surface area contributed by atoms with Crippen LogP contribution in [0.1, 0.15) is 42.5 Å². The maximum atomic E-state index is 12.9. The molecule has 0 bridgehead atoms. The first-order chi connectivity index (χ1) is 15.8. The highest BCUT2D eigenvalue weighted by molar-refractivity contribution is 5.89. The first-order valence-electron chi connectivity index (χ1n) is 10.9. The number of rotatable bonds is 9. The molecule has 7 heteroatoms. The van der Waals surface area contributed by atoms with Gasteiger partial charge in [0.1, 0.15) is 5.75 Å². The Morgan fingerprint density at radius 1 is 0.939 bits per heavy atom. The summed E-state index contributed by atoms with van der Waals surface area (Å²) in [4.78, 5) is 12.7. The van der Waals surface area contributed by atoms with E-state index >= 15 is 0 Å². The Labute approximate surface area is 191 Å². The molecule has 3 aromatic rings. The second-order valence-corrected chi connectivity index (χ2v) is 7.69. The lowest BCUT2D eigenvalue weighted by Crippen LogP contribution is -2.33. The number of amides is 2. The minimum absolute atomic E-state index is 0.347. The zero-order chi connectivity index (χ0) is 23.7. The molecule has 1 unspecified atom stereocenters. The molecule has 1 atom stereocenters. The zero-order valence-electron chi connectivity index (χ0n) is 18.4. The van der Waals surface area contributed by atoms with E-state index in [0.29, 0.717) is 24.3 Å². The summed E-state index contributed by atoms with van der Waals surface area (Å²) in [5.41, 5.74) is 1.45. The Morgan fingerprint density at radius 3 is 2.21 bits per heavy atom. The predicted molar refractivity (Wildman–Crippen MR) is 123 cm³/mol. The van der Waals surface area contributed by atoms with Gasteiger partial charge in [0, 0.05) is 5.69 Å². The third-order valence-electron chi connectivity index (χ3n) is 5.11. The molecule has 0 radical (unpaired) electrons. The highest BCUT2D eigenvalue weighted by atomic mass is 19.4. The number of alkyl halides is 3. The largest absolute Gasteiger partial charge is 0.494 e. The smallest absolute Gasteiger partial charge is 0.416 e. The third kappa shape index (κ3) is 7.56. The Kier molecular flexibility index (Phi) is 8.35. The quantitative estimate of drug-likeness (QED) is 0.341. The molecule has 33 heavy (non-hydrogen) atoms. The molecule has 0 heterocycles. The molecule has 0 aliphatic heterocycles. The maximum absolute atomic E-state index is 12.9. The first kappa shape index (κ1) is 24.2. The molecule has 0 aromatic heterocycles. The van der Waals surface area contributed by atoms with Crippen molar-refractivity contribution >= 4 is 11.7 Å². The van der Waals surface area contributed by atoms with E-state index in [2.05, 4.69) is 17.6 Å². The predicted octanol–water partition coefficient (Wildman–Crippen LogP) is 6.99. The minimum Gasteiger partial charge on any atom is -0.494 e. The van der Waals surface area contributed by atoms with Gasteiger partial charge in [0.15, 0.2) is 0 Å². The fourth-order valence-electron chi connectivity index (χ4n) is 3.30. The van der Waals surface area contributed by atoms with Crippen molar-refractivity contribution in [3.63, 3.8) is 0 Å². The van der Waals surface area contributed by atoms with Crippen molar-refractivity contribution in [3.8, 4) is 5.75 Å². The summed E-state index contributed by atoms with van der Waals surface area (Å²) in [7, 11) is 0. The standard InChI is InChI=1S/C26H27F3N2O2/c1-2-3-17-33-23-15-13-22(14-16-23)30-25(32)31-24(20-7-5-4-6-8-20)18-19-9-11-21(12-10-19)26(27,28)29/h4-16,24H,2-3,17-18H2,1H3,(H2,30,31,32). The van der Waals surface area contributed by atoms with Gasteiger partial charge in [-0.25, -0.2) is 4.79 Å². The molecule has 174 valence electrons. The van der Waals surface area contributed by atoms with Gasteiger partial charge in [0.2, 0.25) is 0 Å². The number of ether oxygens (including phenoxy) is 1. The number of hydrogen-bond donors (Lipinski definition) is 2. The molecular formula is C26H27F3N2O2. The average Bonchev–Trinajstić information content (AvgIpc) is 2.80. The van der Waals surface area contributed by atoms with E-state index in [1.165, 1.54) is 12.1 Å². The lowest BCUT2D eigenvalue weighted by molar-refractivity contribution is -0.137. The second kappa shape index (κ2) is 11.4. The van der Waals surface area contributed by atoms with Crippen LogP contribution in [0.4, 0.5) is 23.7 Å². The van der Waals surface area contributed by atoms with Gasteiger partial charge in [-0.05, 0) is 60.4 Å². The van der Waals surface area contributed by atoms with E-state index in [0.717, 1.165) is 36.3 Å². The molecule has 2 N–H and O–H groups in total. The molecule has 0 saturated carbocycles. The van der Waals surface area contributed by atoms with E-state index in [9.17, 15) is 18.0 Å². The molecular weight excluding hydrogens is 429 g/mol. The summed E-state index contributed by atoms with van der Waals surface area (Å²) in [5, 5.41) is 5.73. The highest BCUT2D eigenvalue weighted by Gasteiger charge is 2.30. The van der Waals surface area contributed by atoms with E-state index < -0.39 is 23.8 Å². The lowest BCUT2D eigenvalue weighted by Gasteiger charge is -2.20. The number of unbranched alkanes of at least 4 members (excludes halogenated alkanes) is 1. The van der Waals surface area contributed by atoms with E-state index in [1.54, 1.807) is 24.3 Å². The topological polar surface area (TPSA) is 50.4 Å². The number of carbonyl (C=O) groups is 1. The van der Waals surface area contributed by atoms with Crippen LogP contribution in [0.5, 0.6) is 5.75 Å². The summed E-state index contributed by atoms with van der Waals surface area (Å²) in [6, 6.07) is 20.6. The zero-order valence-corrected chi connectivity index (χ0v) is 18.4. The van der Waals surface area contributed by atoms with Crippen molar-refractivity contribution in [1.29, 1.82) is 0 Å². The summed E-state index contributed by atoms with van der Waals surface area (Å²) in [5.74, 6) is 0.735. The molecule has 0 aliphatic carbocycles. The fraction of sp³-hybridized carbons (Fsp3) is 0.269. The van der Waals surface area contributed by atoms with Gasteiger partial charge in [-0.1, -0.05) is 55.8 Å². The van der Waals surface area contributed by atoms with Crippen molar-refractivity contribution < 1.29 is 22.7 Å². The van der Waals surface area contributed by atoms with Crippen LogP contribution in [-0.4, -0.2) is 12.6 Å².